The zero-order chi connectivity index (χ0) is 15.4. The van der Waals surface area contributed by atoms with Crippen LogP contribution in [-0.2, 0) is 6.54 Å². The molecule has 2 rings (SSSR count). The summed E-state index contributed by atoms with van der Waals surface area (Å²) in [5.41, 5.74) is 2.00. The first-order chi connectivity index (χ1) is 10.0. The molecule has 0 radical (unpaired) electrons. The summed E-state index contributed by atoms with van der Waals surface area (Å²) in [7, 11) is 0. The number of rotatable bonds is 5. The molecular weight excluding hydrogens is 334 g/mol. The number of anilines is 1. The molecule has 0 atom stereocenters. The molecule has 1 aromatic carbocycles. The number of benzene rings is 1. The lowest BCUT2D eigenvalue weighted by Gasteiger charge is -2.12. The second-order valence-corrected chi connectivity index (χ2v) is 5.43. The van der Waals surface area contributed by atoms with Crippen LogP contribution < -0.4 is 10.1 Å². The molecule has 1 amide bonds. The van der Waals surface area contributed by atoms with Crippen LogP contribution in [0.4, 0.5) is 5.69 Å². The molecule has 0 saturated carbocycles. The van der Waals surface area contributed by atoms with Crippen LogP contribution in [0, 0.1) is 6.92 Å². The maximum atomic E-state index is 12.4. The molecule has 1 N–H and O–H groups in total. The first-order valence-electron chi connectivity index (χ1n) is 6.83. The fourth-order valence-electron chi connectivity index (χ4n) is 2.04. The number of halogens is 1. The number of hydrogen-bond acceptors (Lipinski definition) is 3. The van der Waals surface area contributed by atoms with Crippen LogP contribution in [0.1, 0.15) is 30.0 Å². The summed E-state index contributed by atoms with van der Waals surface area (Å²) in [6.07, 6.45) is 0. The molecule has 0 spiro atoms. The Balaban J connectivity index is 2.28. The smallest absolute Gasteiger partial charge is 0.274 e. The van der Waals surface area contributed by atoms with Gasteiger partial charge in [0.2, 0.25) is 0 Å². The Hall–Kier alpha value is -1.82. The molecule has 0 aliphatic rings. The van der Waals surface area contributed by atoms with Gasteiger partial charge in [-0.2, -0.15) is 5.10 Å². The molecule has 1 aromatic heterocycles. The van der Waals surface area contributed by atoms with Gasteiger partial charge in [-0.05, 0) is 45.0 Å². The van der Waals surface area contributed by atoms with E-state index in [0.717, 1.165) is 10.2 Å². The Morgan fingerprint density at radius 3 is 2.81 bits per heavy atom. The highest BCUT2D eigenvalue weighted by molar-refractivity contribution is 9.10. The van der Waals surface area contributed by atoms with Gasteiger partial charge >= 0.3 is 0 Å². The van der Waals surface area contributed by atoms with Crippen molar-refractivity contribution in [1.29, 1.82) is 0 Å². The van der Waals surface area contributed by atoms with Crippen LogP contribution in [0.25, 0.3) is 0 Å². The summed E-state index contributed by atoms with van der Waals surface area (Å²) >= 11 is 3.40. The van der Waals surface area contributed by atoms with Gasteiger partial charge in [0.1, 0.15) is 11.4 Å². The lowest BCUT2D eigenvalue weighted by molar-refractivity contribution is 0.101. The molecular formula is C15H18BrN3O2. The Kier molecular flexibility index (Phi) is 5.01. The van der Waals surface area contributed by atoms with Crippen molar-refractivity contribution in [2.24, 2.45) is 0 Å². The minimum absolute atomic E-state index is 0.198. The number of hydrogen-bond donors (Lipinski definition) is 1. The fourth-order valence-corrected chi connectivity index (χ4v) is 2.40. The Labute approximate surface area is 132 Å². The van der Waals surface area contributed by atoms with Gasteiger partial charge in [0.05, 0.1) is 18.0 Å². The van der Waals surface area contributed by atoms with Gasteiger partial charge in [-0.3, -0.25) is 9.48 Å². The van der Waals surface area contributed by atoms with Crippen LogP contribution >= 0.6 is 15.9 Å². The van der Waals surface area contributed by atoms with E-state index in [1.807, 2.05) is 39.0 Å². The van der Waals surface area contributed by atoms with Crippen molar-refractivity contribution in [3.8, 4) is 5.75 Å². The molecule has 0 fully saturated rings. The normalized spacial score (nSPS) is 10.5. The van der Waals surface area contributed by atoms with E-state index in [1.165, 1.54) is 0 Å². The monoisotopic (exact) mass is 351 g/mol. The van der Waals surface area contributed by atoms with Crippen molar-refractivity contribution in [3.63, 3.8) is 0 Å². The van der Waals surface area contributed by atoms with E-state index >= 15 is 0 Å². The highest BCUT2D eigenvalue weighted by Crippen LogP contribution is 2.28. The van der Waals surface area contributed by atoms with Gasteiger partial charge in [-0.25, -0.2) is 0 Å². The minimum atomic E-state index is -0.198. The van der Waals surface area contributed by atoms with Crippen LogP contribution in [0.2, 0.25) is 0 Å². The Morgan fingerprint density at radius 2 is 2.14 bits per heavy atom. The van der Waals surface area contributed by atoms with Gasteiger partial charge in [-0.1, -0.05) is 15.9 Å². The van der Waals surface area contributed by atoms with E-state index in [0.29, 0.717) is 30.3 Å². The quantitative estimate of drug-likeness (QED) is 0.894. The SMILES string of the molecule is CCOc1ccc(Br)cc1NC(=O)c1cc(C)nn1CC. The third-order valence-corrected chi connectivity index (χ3v) is 3.42. The Morgan fingerprint density at radius 1 is 1.38 bits per heavy atom. The molecule has 0 bridgehead atoms. The molecule has 0 saturated heterocycles. The molecule has 0 unspecified atom stereocenters. The number of nitrogens with one attached hydrogen (secondary N) is 1. The third-order valence-electron chi connectivity index (χ3n) is 2.92. The average Bonchev–Trinajstić information content (AvgIpc) is 2.83. The molecule has 6 heteroatoms. The molecule has 2 aromatic rings. The second-order valence-electron chi connectivity index (χ2n) is 4.51. The van der Waals surface area contributed by atoms with Gasteiger partial charge in [0, 0.05) is 11.0 Å². The van der Waals surface area contributed by atoms with E-state index in [2.05, 4.69) is 26.3 Å². The summed E-state index contributed by atoms with van der Waals surface area (Å²) in [5, 5.41) is 7.17. The first-order valence-corrected chi connectivity index (χ1v) is 7.62. The van der Waals surface area contributed by atoms with Crippen molar-refractivity contribution in [3.05, 3.63) is 40.1 Å². The zero-order valence-corrected chi connectivity index (χ0v) is 13.9. The van der Waals surface area contributed by atoms with E-state index in [1.54, 1.807) is 10.7 Å². The number of aromatic nitrogens is 2. The summed E-state index contributed by atoms with van der Waals surface area (Å²) < 4.78 is 8.09. The molecule has 0 aliphatic heterocycles. The van der Waals surface area contributed by atoms with Crippen molar-refractivity contribution in [2.75, 3.05) is 11.9 Å². The van der Waals surface area contributed by atoms with Crippen LogP contribution in [0.15, 0.2) is 28.7 Å². The van der Waals surface area contributed by atoms with E-state index in [9.17, 15) is 4.79 Å². The van der Waals surface area contributed by atoms with Gasteiger partial charge in [-0.15, -0.1) is 0 Å². The van der Waals surface area contributed by atoms with Crippen molar-refractivity contribution < 1.29 is 9.53 Å². The largest absolute Gasteiger partial charge is 0.492 e. The van der Waals surface area contributed by atoms with Crippen molar-refractivity contribution in [2.45, 2.75) is 27.3 Å². The zero-order valence-electron chi connectivity index (χ0n) is 12.3. The average molecular weight is 352 g/mol. The highest BCUT2D eigenvalue weighted by atomic mass is 79.9. The number of amides is 1. The number of aryl methyl sites for hydroxylation is 2. The van der Waals surface area contributed by atoms with E-state index in [-0.39, 0.29) is 5.91 Å². The summed E-state index contributed by atoms with van der Waals surface area (Å²) in [6.45, 7) is 6.91. The fraction of sp³-hybridized carbons (Fsp3) is 0.333. The second kappa shape index (κ2) is 6.76. The van der Waals surface area contributed by atoms with Gasteiger partial charge < -0.3 is 10.1 Å². The minimum Gasteiger partial charge on any atom is -0.492 e. The number of carbonyl (C=O) groups is 1. The standard InChI is InChI=1S/C15H18BrN3O2/c1-4-19-13(8-10(3)18-19)15(20)17-12-9-11(16)6-7-14(12)21-5-2/h6-9H,4-5H2,1-3H3,(H,17,20). The molecule has 112 valence electrons. The lowest BCUT2D eigenvalue weighted by Crippen LogP contribution is -2.18. The molecule has 1 heterocycles. The predicted molar refractivity (Wildman–Crippen MR) is 85.9 cm³/mol. The summed E-state index contributed by atoms with van der Waals surface area (Å²) in [4.78, 5) is 12.4. The molecule has 0 aliphatic carbocycles. The lowest BCUT2D eigenvalue weighted by atomic mass is 10.2. The number of carbonyl (C=O) groups excluding carboxylic acids is 1. The predicted octanol–water partition coefficient (Wildman–Crippen LogP) is 3.62. The topological polar surface area (TPSA) is 56.1 Å². The molecule has 21 heavy (non-hydrogen) atoms. The number of ether oxygens (including phenoxy) is 1. The first kappa shape index (κ1) is 15.6. The van der Waals surface area contributed by atoms with Crippen molar-refractivity contribution in [1.82, 2.24) is 9.78 Å². The van der Waals surface area contributed by atoms with Gasteiger partial charge in [0.25, 0.3) is 5.91 Å². The van der Waals surface area contributed by atoms with Crippen LogP contribution in [-0.4, -0.2) is 22.3 Å². The highest BCUT2D eigenvalue weighted by Gasteiger charge is 2.15. The summed E-state index contributed by atoms with van der Waals surface area (Å²) in [6, 6.07) is 7.30. The maximum Gasteiger partial charge on any atom is 0.274 e. The van der Waals surface area contributed by atoms with Crippen LogP contribution in [0.5, 0.6) is 5.75 Å². The van der Waals surface area contributed by atoms with E-state index in [4.69, 9.17) is 4.74 Å². The van der Waals surface area contributed by atoms with E-state index < -0.39 is 0 Å². The van der Waals surface area contributed by atoms with Gasteiger partial charge in [0.15, 0.2) is 0 Å². The Bertz CT molecular complexity index is 652. The molecule has 5 nitrogen and oxygen atoms in total. The summed E-state index contributed by atoms with van der Waals surface area (Å²) in [5.74, 6) is 0.449. The van der Waals surface area contributed by atoms with Crippen LogP contribution in [0.3, 0.4) is 0 Å². The third kappa shape index (κ3) is 3.64. The maximum absolute atomic E-state index is 12.4. The van der Waals surface area contributed by atoms with Crippen molar-refractivity contribution >= 4 is 27.5 Å². The number of nitrogens with zero attached hydrogens (tertiary/aromatic N) is 2.